The molecule has 1 aliphatic rings. The first-order valence-electron chi connectivity index (χ1n) is 10.0. The van der Waals surface area contributed by atoms with Crippen molar-refractivity contribution in [3.63, 3.8) is 0 Å². The number of anilines is 2. The summed E-state index contributed by atoms with van der Waals surface area (Å²) in [6, 6.07) is 13.8. The van der Waals surface area contributed by atoms with Gasteiger partial charge in [0.25, 0.3) is 0 Å². The molecule has 1 heterocycles. The SMILES string of the molecule is COc1ccc(N(C(C)C(=O)NCc2ccc(N3CCCC3)cc2)S(C)(=O)=O)cc1. The summed E-state index contributed by atoms with van der Waals surface area (Å²) in [5.74, 6) is 0.251. The Hall–Kier alpha value is -2.74. The molecule has 0 saturated carbocycles. The number of carbonyl (C=O) groups is 1. The van der Waals surface area contributed by atoms with Crippen LogP contribution in [0.25, 0.3) is 0 Å². The summed E-state index contributed by atoms with van der Waals surface area (Å²) < 4.78 is 31.0. The van der Waals surface area contributed by atoms with E-state index in [1.807, 2.05) is 12.1 Å². The molecule has 0 radical (unpaired) electrons. The van der Waals surface area contributed by atoms with Crippen molar-refractivity contribution in [1.29, 1.82) is 0 Å². The van der Waals surface area contributed by atoms with Crippen molar-refractivity contribution in [2.45, 2.75) is 32.4 Å². The summed E-state index contributed by atoms with van der Waals surface area (Å²) in [4.78, 5) is 15.1. The zero-order valence-corrected chi connectivity index (χ0v) is 18.5. The Kier molecular flexibility index (Phi) is 6.87. The average Bonchev–Trinajstić information content (AvgIpc) is 3.27. The second-order valence-corrected chi connectivity index (χ2v) is 9.37. The number of rotatable bonds is 8. The van der Waals surface area contributed by atoms with Crippen molar-refractivity contribution < 1.29 is 17.9 Å². The number of amides is 1. The highest BCUT2D eigenvalue weighted by molar-refractivity contribution is 7.92. The van der Waals surface area contributed by atoms with E-state index < -0.39 is 16.1 Å². The van der Waals surface area contributed by atoms with Gasteiger partial charge in [0, 0.05) is 25.3 Å². The lowest BCUT2D eigenvalue weighted by molar-refractivity contribution is -0.122. The third-order valence-electron chi connectivity index (χ3n) is 5.29. The van der Waals surface area contributed by atoms with Gasteiger partial charge in [0.1, 0.15) is 11.8 Å². The van der Waals surface area contributed by atoms with Crippen LogP contribution in [0.15, 0.2) is 48.5 Å². The third kappa shape index (κ3) is 5.24. The summed E-state index contributed by atoms with van der Waals surface area (Å²) in [6.45, 7) is 4.08. The molecule has 30 heavy (non-hydrogen) atoms. The Morgan fingerprint density at radius 2 is 1.70 bits per heavy atom. The van der Waals surface area contributed by atoms with Crippen LogP contribution in [0.3, 0.4) is 0 Å². The standard InChI is InChI=1S/C22H29N3O4S/c1-17(25(30(3,27)28)20-10-12-21(29-2)13-11-20)22(26)23-16-18-6-8-19(9-7-18)24-14-4-5-15-24/h6-13,17H,4-5,14-16H2,1-3H3,(H,23,26). The van der Waals surface area contributed by atoms with Gasteiger partial charge in [-0.1, -0.05) is 12.1 Å². The molecule has 8 heteroatoms. The number of carbonyl (C=O) groups excluding carboxylic acids is 1. The van der Waals surface area contributed by atoms with Gasteiger partial charge < -0.3 is 15.0 Å². The summed E-state index contributed by atoms with van der Waals surface area (Å²) >= 11 is 0. The Balaban J connectivity index is 1.66. The first-order chi connectivity index (χ1) is 14.3. The number of hydrogen-bond acceptors (Lipinski definition) is 5. The molecule has 2 aromatic rings. The Morgan fingerprint density at radius 3 is 2.23 bits per heavy atom. The fourth-order valence-electron chi connectivity index (χ4n) is 3.67. The van der Waals surface area contributed by atoms with Gasteiger partial charge in [-0.25, -0.2) is 8.42 Å². The number of nitrogens with one attached hydrogen (secondary N) is 1. The number of nitrogens with zero attached hydrogens (tertiary/aromatic N) is 2. The molecule has 162 valence electrons. The van der Waals surface area contributed by atoms with Crippen LogP contribution in [-0.2, 0) is 21.4 Å². The van der Waals surface area contributed by atoms with E-state index in [4.69, 9.17) is 4.74 Å². The zero-order valence-electron chi connectivity index (χ0n) is 17.7. The van der Waals surface area contributed by atoms with Crippen molar-refractivity contribution in [2.75, 3.05) is 35.7 Å². The molecule has 1 aliphatic heterocycles. The van der Waals surface area contributed by atoms with Crippen LogP contribution >= 0.6 is 0 Å². The first kappa shape index (κ1) is 22.0. The van der Waals surface area contributed by atoms with E-state index in [0.717, 1.165) is 29.2 Å². The number of methoxy groups -OCH3 is 1. The van der Waals surface area contributed by atoms with Crippen LogP contribution in [0.2, 0.25) is 0 Å². The van der Waals surface area contributed by atoms with E-state index in [1.54, 1.807) is 31.2 Å². The van der Waals surface area contributed by atoms with Gasteiger partial charge in [-0.15, -0.1) is 0 Å². The van der Waals surface area contributed by atoms with E-state index in [2.05, 4.69) is 22.3 Å². The molecular formula is C22H29N3O4S. The lowest BCUT2D eigenvalue weighted by atomic mass is 10.2. The Morgan fingerprint density at radius 1 is 1.10 bits per heavy atom. The van der Waals surface area contributed by atoms with Crippen LogP contribution < -0.4 is 19.3 Å². The number of ether oxygens (including phenoxy) is 1. The molecule has 1 saturated heterocycles. The molecule has 1 unspecified atom stereocenters. The van der Waals surface area contributed by atoms with Gasteiger partial charge in [0.2, 0.25) is 15.9 Å². The second kappa shape index (κ2) is 9.38. The minimum Gasteiger partial charge on any atom is -0.497 e. The van der Waals surface area contributed by atoms with Crippen molar-refractivity contribution in [1.82, 2.24) is 5.32 Å². The molecule has 0 bridgehead atoms. The highest BCUT2D eigenvalue weighted by atomic mass is 32.2. The lowest BCUT2D eigenvalue weighted by Crippen LogP contribution is -2.47. The minimum atomic E-state index is -3.65. The van der Waals surface area contributed by atoms with Crippen molar-refractivity contribution >= 4 is 27.3 Å². The van der Waals surface area contributed by atoms with Gasteiger partial charge >= 0.3 is 0 Å². The highest BCUT2D eigenvalue weighted by Crippen LogP contribution is 2.24. The van der Waals surface area contributed by atoms with Gasteiger partial charge in [-0.3, -0.25) is 9.10 Å². The highest BCUT2D eigenvalue weighted by Gasteiger charge is 2.29. The maximum Gasteiger partial charge on any atom is 0.243 e. The van der Waals surface area contributed by atoms with Gasteiger partial charge in [-0.2, -0.15) is 0 Å². The molecule has 2 aromatic carbocycles. The van der Waals surface area contributed by atoms with Crippen molar-refractivity contribution in [3.8, 4) is 5.75 Å². The van der Waals surface area contributed by atoms with E-state index >= 15 is 0 Å². The molecule has 1 amide bonds. The minimum absolute atomic E-state index is 0.337. The van der Waals surface area contributed by atoms with E-state index in [0.29, 0.717) is 18.0 Å². The molecule has 1 N–H and O–H groups in total. The molecular weight excluding hydrogens is 402 g/mol. The van der Waals surface area contributed by atoms with Crippen LogP contribution in [0.5, 0.6) is 5.75 Å². The van der Waals surface area contributed by atoms with Gasteiger partial charge in [0.15, 0.2) is 0 Å². The molecule has 0 aromatic heterocycles. The summed E-state index contributed by atoms with van der Waals surface area (Å²) in [6.07, 6.45) is 3.54. The predicted molar refractivity (Wildman–Crippen MR) is 120 cm³/mol. The molecule has 7 nitrogen and oxygen atoms in total. The summed E-state index contributed by atoms with van der Waals surface area (Å²) in [5.41, 5.74) is 2.57. The third-order valence-corrected chi connectivity index (χ3v) is 6.53. The summed E-state index contributed by atoms with van der Waals surface area (Å²) in [5, 5.41) is 2.85. The topological polar surface area (TPSA) is 79.0 Å². The fraction of sp³-hybridized carbons (Fsp3) is 0.409. The first-order valence-corrected chi connectivity index (χ1v) is 11.9. The molecule has 1 atom stereocenters. The van der Waals surface area contributed by atoms with Crippen LogP contribution in [0.1, 0.15) is 25.3 Å². The maximum absolute atomic E-state index is 12.7. The number of sulfonamides is 1. The zero-order chi connectivity index (χ0) is 21.7. The summed E-state index contributed by atoms with van der Waals surface area (Å²) in [7, 11) is -2.11. The van der Waals surface area contributed by atoms with Crippen LogP contribution in [0.4, 0.5) is 11.4 Å². The van der Waals surface area contributed by atoms with Crippen LogP contribution in [-0.4, -0.2) is 46.8 Å². The van der Waals surface area contributed by atoms with E-state index in [-0.39, 0.29) is 5.91 Å². The number of hydrogen-bond donors (Lipinski definition) is 1. The van der Waals surface area contributed by atoms with Crippen LogP contribution in [0, 0.1) is 0 Å². The Bertz CT molecular complexity index is 953. The maximum atomic E-state index is 12.7. The predicted octanol–water partition coefficient (Wildman–Crippen LogP) is 2.77. The quantitative estimate of drug-likeness (QED) is 0.695. The normalized spacial score (nSPS) is 15.0. The van der Waals surface area contributed by atoms with Crippen molar-refractivity contribution in [2.24, 2.45) is 0 Å². The second-order valence-electron chi connectivity index (χ2n) is 7.51. The fourth-order valence-corrected chi connectivity index (χ4v) is 4.85. The smallest absolute Gasteiger partial charge is 0.243 e. The lowest BCUT2D eigenvalue weighted by Gasteiger charge is -2.28. The largest absolute Gasteiger partial charge is 0.497 e. The molecule has 1 fully saturated rings. The Labute approximate surface area is 178 Å². The van der Waals surface area contributed by atoms with Gasteiger partial charge in [-0.05, 0) is 61.7 Å². The number of benzene rings is 2. The van der Waals surface area contributed by atoms with Gasteiger partial charge in [0.05, 0.1) is 19.1 Å². The van der Waals surface area contributed by atoms with E-state index in [9.17, 15) is 13.2 Å². The molecule has 0 aliphatic carbocycles. The molecule has 3 rings (SSSR count). The molecule has 0 spiro atoms. The van der Waals surface area contributed by atoms with E-state index in [1.165, 1.54) is 25.6 Å². The monoisotopic (exact) mass is 431 g/mol. The average molecular weight is 432 g/mol. The van der Waals surface area contributed by atoms with Crippen molar-refractivity contribution in [3.05, 3.63) is 54.1 Å².